The number of methoxy groups -OCH3 is 1. The van der Waals surface area contributed by atoms with E-state index < -0.39 is 11.2 Å². The van der Waals surface area contributed by atoms with Gasteiger partial charge in [-0.1, -0.05) is 23.9 Å². The Balaban J connectivity index is 2.24. The zero-order valence-corrected chi connectivity index (χ0v) is 11.5. The van der Waals surface area contributed by atoms with Gasteiger partial charge >= 0.3 is 5.97 Å². The highest BCUT2D eigenvalue weighted by atomic mass is 35.5. The molecule has 0 aliphatic heterocycles. The number of furan rings is 1. The molecule has 0 N–H and O–H groups in total. The minimum absolute atomic E-state index is 0.111. The largest absolute Gasteiger partial charge is 0.463 e. The molecule has 0 bridgehead atoms. The van der Waals surface area contributed by atoms with Crippen LogP contribution in [0.3, 0.4) is 0 Å². The molecule has 1 aromatic carbocycles. The van der Waals surface area contributed by atoms with Crippen LogP contribution in [-0.4, -0.2) is 18.3 Å². The highest BCUT2D eigenvalue weighted by Crippen LogP contribution is 2.32. The Labute approximate surface area is 118 Å². The summed E-state index contributed by atoms with van der Waals surface area (Å²) in [6.07, 6.45) is 0. The van der Waals surface area contributed by atoms with Crippen LogP contribution >= 0.6 is 23.4 Å². The van der Waals surface area contributed by atoms with Gasteiger partial charge in [0.1, 0.15) is 0 Å². The lowest BCUT2D eigenvalue weighted by Gasteiger charge is -2.02. The van der Waals surface area contributed by atoms with Crippen LogP contribution in [-0.2, 0) is 4.74 Å². The van der Waals surface area contributed by atoms with Gasteiger partial charge in [-0.15, -0.1) is 0 Å². The van der Waals surface area contributed by atoms with Crippen LogP contribution in [0.15, 0.2) is 50.8 Å². The van der Waals surface area contributed by atoms with Crippen LogP contribution in [0.4, 0.5) is 0 Å². The highest BCUT2D eigenvalue weighted by molar-refractivity contribution is 7.99. The maximum absolute atomic E-state index is 11.3. The van der Waals surface area contributed by atoms with Crippen LogP contribution in [0, 0.1) is 0 Å². The molecule has 6 heteroatoms. The van der Waals surface area contributed by atoms with Crippen LogP contribution in [0.25, 0.3) is 0 Å². The van der Waals surface area contributed by atoms with Gasteiger partial charge in [-0.3, -0.25) is 4.79 Å². The Morgan fingerprint density at radius 3 is 2.63 bits per heavy atom. The second-order valence-electron chi connectivity index (χ2n) is 3.48. The van der Waals surface area contributed by atoms with Crippen molar-refractivity contribution in [2.75, 3.05) is 7.11 Å². The Bertz CT molecular complexity index is 621. The van der Waals surface area contributed by atoms with E-state index in [-0.39, 0.29) is 5.76 Å². The first-order chi connectivity index (χ1) is 9.11. The summed E-state index contributed by atoms with van der Waals surface area (Å²) >= 11 is 6.71. The van der Waals surface area contributed by atoms with E-state index in [4.69, 9.17) is 16.0 Å². The predicted molar refractivity (Wildman–Crippen MR) is 70.8 cm³/mol. The zero-order chi connectivity index (χ0) is 13.8. The van der Waals surface area contributed by atoms with Gasteiger partial charge < -0.3 is 9.15 Å². The van der Waals surface area contributed by atoms with E-state index in [0.717, 1.165) is 0 Å². The van der Waals surface area contributed by atoms with Crippen LogP contribution in [0.5, 0.6) is 0 Å². The number of carbonyl (C=O) groups is 2. The summed E-state index contributed by atoms with van der Waals surface area (Å²) in [7, 11) is 1.28. The first-order valence-electron chi connectivity index (χ1n) is 5.26. The molecular weight excluding hydrogens is 288 g/mol. The van der Waals surface area contributed by atoms with Gasteiger partial charge in [0.15, 0.2) is 5.09 Å². The first kappa shape index (κ1) is 13.7. The third-order valence-electron chi connectivity index (χ3n) is 2.28. The van der Waals surface area contributed by atoms with Crippen LogP contribution in [0.1, 0.15) is 20.9 Å². The predicted octanol–water partition coefficient (Wildman–Crippen LogP) is 3.60. The van der Waals surface area contributed by atoms with Crippen molar-refractivity contribution in [2.24, 2.45) is 0 Å². The normalized spacial score (nSPS) is 10.2. The second-order valence-corrected chi connectivity index (χ2v) is 4.87. The summed E-state index contributed by atoms with van der Waals surface area (Å²) in [4.78, 5) is 23.2. The summed E-state index contributed by atoms with van der Waals surface area (Å²) in [5.74, 6) is -0.437. The van der Waals surface area contributed by atoms with Crippen molar-refractivity contribution in [3.8, 4) is 0 Å². The summed E-state index contributed by atoms with van der Waals surface area (Å²) in [5, 5.41) is -0.0615. The fraction of sp³-hybridized carbons (Fsp3) is 0.0769. The molecule has 0 fully saturated rings. The van der Waals surface area contributed by atoms with Crippen LogP contribution in [0.2, 0.25) is 0 Å². The number of hydrogen-bond donors (Lipinski definition) is 0. The molecule has 0 aliphatic carbocycles. The third kappa shape index (κ3) is 3.19. The second kappa shape index (κ2) is 5.95. The van der Waals surface area contributed by atoms with Gasteiger partial charge in [-0.2, -0.15) is 0 Å². The van der Waals surface area contributed by atoms with Crippen molar-refractivity contribution in [1.29, 1.82) is 0 Å². The number of esters is 1. The molecule has 0 saturated carbocycles. The molecule has 0 atom stereocenters. The zero-order valence-electron chi connectivity index (χ0n) is 9.88. The quantitative estimate of drug-likeness (QED) is 0.637. The molecule has 4 nitrogen and oxygen atoms in total. The van der Waals surface area contributed by atoms with Gasteiger partial charge in [-0.05, 0) is 35.9 Å². The van der Waals surface area contributed by atoms with E-state index >= 15 is 0 Å². The lowest BCUT2D eigenvalue weighted by atomic mass is 10.2. The van der Waals surface area contributed by atoms with Crippen molar-refractivity contribution in [3.63, 3.8) is 0 Å². The molecule has 2 rings (SSSR count). The van der Waals surface area contributed by atoms with Gasteiger partial charge in [0, 0.05) is 10.5 Å². The molecular formula is C13H9ClO4S. The van der Waals surface area contributed by atoms with E-state index in [1.54, 1.807) is 30.3 Å². The van der Waals surface area contributed by atoms with E-state index in [9.17, 15) is 9.59 Å². The lowest BCUT2D eigenvalue weighted by molar-refractivity contribution is 0.0559. The number of ether oxygens (including phenoxy) is 1. The topological polar surface area (TPSA) is 56.5 Å². The van der Waals surface area contributed by atoms with E-state index in [1.807, 2.05) is 0 Å². The number of carbonyl (C=O) groups excluding carboxylic acids is 2. The average Bonchev–Trinajstić information content (AvgIpc) is 2.86. The van der Waals surface area contributed by atoms with E-state index in [0.29, 0.717) is 15.6 Å². The van der Waals surface area contributed by atoms with Gasteiger partial charge in [0.05, 0.1) is 7.11 Å². The number of rotatable bonds is 4. The fourth-order valence-electron chi connectivity index (χ4n) is 1.41. The van der Waals surface area contributed by atoms with Crippen LogP contribution < -0.4 is 0 Å². The van der Waals surface area contributed by atoms with E-state index in [2.05, 4.69) is 4.74 Å². The molecule has 0 amide bonds. The number of halogens is 1. The molecule has 98 valence electrons. The number of benzene rings is 1. The average molecular weight is 297 g/mol. The van der Waals surface area contributed by atoms with Gasteiger partial charge in [0.25, 0.3) is 5.24 Å². The van der Waals surface area contributed by atoms with Crippen molar-refractivity contribution in [1.82, 2.24) is 0 Å². The minimum atomic E-state index is -0.548. The maximum atomic E-state index is 11.3. The molecule has 1 aromatic heterocycles. The Kier molecular flexibility index (Phi) is 4.29. The van der Waals surface area contributed by atoms with Crippen molar-refractivity contribution in [2.45, 2.75) is 9.99 Å². The smallest absolute Gasteiger partial charge is 0.374 e. The molecule has 1 heterocycles. The van der Waals surface area contributed by atoms with E-state index in [1.165, 1.54) is 24.9 Å². The Hall–Kier alpha value is -1.72. The Morgan fingerprint density at radius 1 is 1.21 bits per heavy atom. The lowest BCUT2D eigenvalue weighted by Crippen LogP contribution is -1.98. The molecule has 19 heavy (non-hydrogen) atoms. The standard InChI is InChI=1S/C13H9ClO4S/c1-17-13(16)9-6-7-11(18-9)19-10-5-3-2-4-8(10)12(14)15/h2-7H,1H3. The number of hydrogen-bond acceptors (Lipinski definition) is 5. The molecule has 0 spiro atoms. The molecule has 0 saturated heterocycles. The first-order valence-corrected chi connectivity index (χ1v) is 6.46. The molecule has 0 aliphatic rings. The molecule has 0 radical (unpaired) electrons. The Morgan fingerprint density at radius 2 is 1.95 bits per heavy atom. The maximum Gasteiger partial charge on any atom is 0.374 e. The summed E-state index contributed by atoms with van der Waals surface area (Å²) < 4.78 is 9.85. The minimum Gasteiger partial charge on any atom is -0.463 e. The third-order valence-corrected chi connectivity index (χ3v) is 3.48. The summed E-state index contributed by atoms with van der Waals surface area (Å²) in [6.45, 7) is 0. The van der Waals surface area contributed by atoms with Crippen molar-refractivity contribution < 1.29 is 18.7 Å². The summed E-state index contributed by atoms with van der Waals surface area (Å²) in [6, 6.07) is 10.0. The molecule has 0 unspecified atom stereocenters. The fourth-order valence-corrected chi connectivity index (χ4v) is 2.53. The van der Waals surface area contributed by atoms with Crippen molar-refractivity contribution >= 4 is 34.6 Å². The van der Waals surface area contributed by atoms with Gasteiger partial charge in [-0.25, -0.2) is 4.79 Å². The highest BCUT2D eigenvalue weighted by Gasteiger charge is 2.14. The van der Waals surface area contributed by atoms with Crippen molar-refractivity contribution in [3.05, 3.63) is 47.7 Å². The summed E-state index contributed by atoms with van der Waals surface area (Å²) in [5.41, 5.74) is 0.394. The molecule has 2 aromatic rings. The SMILES string of the molecule is COC(=O)c1ccc(Sc2ccccc2C(=O)Cl)o1. The van der Waals surface area contributed by atoms with Gasteiger partial charge in [0.2, 0.25) is 5.76 Å². The monoisotopic (exact) mass is 296 g/mol.